The fraction of sp³-hybridized carbons (Fsp3) is 0.211. The van der Waals surface area contributed by atoms with Crippen LogP contribution in [0.3, 0.4) is 0 Å². The molecule has 7 heteroatoms. The third kappa shape index (κ3) is 4.97. The highest BCUT2D eigenvalue weighted by Crippen LogP contribution is 2.16. The van der Waals surface area contributed by atoms with E-state index in [1.54, 1.807) is 55.5 Å². The van der Waals surface area contributed by atoms with E-state index in [1.807, 2.05) is 0 Å². The molecule has 136 valence electrons. The lowest BCUT2D eigenvalue weighted by Crippen LogP contribution is -2.31. The predicted molar refractivity (Wildman–Crippen MR) is 95.9 cm³/mol. The molecule has 2 N–H and O–H groups in total. The summed E-state index contributed by atoms with van der Waals surface area (Å²) in [5.41, 5.74) is 1.36. The van der Waals surface area contributed by atoms with Crippen LogP contribution in [0.5, 0.6) is 0 Å². The van der Waals surface area contributed by atoms with Gasteiger partial charge in [-0.25, -0.2) is 4.39 Å². The van der Waals surface area contributed by atoms with Crippen LogP contribution in [0.1, 0.15) is 35.0 Å². The van der Waals surface area contributed by atoms with E-state index in [1.165, 1.54) is 0 Å². The number of hydrogen-bond acceptors (Lipinski definition) is 5. The molecule has 1 heterocycles. The number of alkyl halides is 1. The molecule has 0 aliphatic carbocycles. The zero-order chi connectivity index (χ0) is 18.9. The number of amides is 1. The van der Waals surface area contributed by atoms with E-state index in [9.17, 15) is 14.3 Å². The number of nitrogens with zero attached hydrogens (tertiary/aromatic N) is 2. The summed E-state index contributed by atoms with van der Waals surface area (Å²) in [6, 6.07) is 7.73. The van der Waals surface area contributed by atoms with Crippen LogP contribution in [0.2, 0.25) is 0 Å². The van der Waals surface area contributed by atoms with Gasteiger partial charge in [-0.15, -0.1) is 0 Å². The van der Waals surface area contributed by atoms with Crippen LogP contribution in [0, 0.1) is 0 Å². The molecule has 1 amide bonds. The number of carbonyl (C=O) groups excluding carboxylic acids is 1. The maximum absolute atomic E-state index is 12.7. The van der Waals surface area contributed by atoms with E-state index < -0.39 is 19.3 Å². The number of benzene rings is 1. The minimum Gasteiger partial charge on any atom is -0.394 e. The predicted octanol–water partition coefficient (Wildman–Crippen LogP) is 3.02. The number of hydrogen-bond donors (Lipinski definition) is 2. The van der Waals surface area contributed by atoms with Gasteiger partial charge in [-0.2, -0.15) is 4.98 Å². The second-order valence-corrected chi connectivity index (χ2v) is 5.39. The largest absolute Gasteiger partial charge is 0.394 e. The quantitative estimate of drug-likeness (QED) is 0.709. The highest BCUT2D eigenvalue weighted by molar-refractivity contribution is 5.94. The number of rotatable bonds is 8. The van der Waals surface area contributed by atoms with Crippen LogP contribution in [0.15, 0.2) is 65.2 Å². The van der Waals surface area contributed by atoms with Crippen molar-refractivity contribution in [3.8, 4) is 0 Å². The Hall–Kier alpha value is -3.06. The topological polar surface area (TPSA) is 88.3 Å². The molecular weight excluding hydrogens is 337 g/mol. The van der Waals surface area contributed by atoms with Crippen LogP contribution in [-0.4, -0.2) is 34.4 Å². The molecule has 2 rings (SSSR count). The van der Waals surface area contributed by atoms with Crippen molar-refractivity contribution < 1.29 is 18.8 Å². The fourth-order valence-corrected chi connectivity index (χ4v) is 2.02. The Morgan fingerprint density at radius 1 is 1.38 bits per heavy atom. The Kier molecular flexibility index (Phi) is 6.99. The summed E-state index contributed by atoms with van der Waals surface area (Å²) >= 11 is 0. The molecule has 0 radical (unpaired) electrons. The summed E-state index contributed by atoms with van der Waals surface area (Å²) < 4.78 is 17.8. The van der Waals surface area contributed by atoms with Crippen LogP contribution in [0.4, 0.5) is 4.39 Å². The van der Waals surface area contributed by atoms with Gasteiger partial charge in [0.2, 0.25) is 5.82 Å². The van der Waals surface area contributed by atoms with E-state index in [0.29, 0.717) is 16.7 Å². The van der Waals surface area contributed by atoms with Gasteiger partial charge in [-0.3, -0.25) is 4.79 Å². The van der Waals surface area contributed by atoms with E-state index in [0.717, 1.165) is 0 Å². The molecule has 2 aromatic rings. The lowest BCUT2D eigenvalue weighted by Gasteiger charge is -2.11. The number of halogens is 1. The van der Waals surface area contributed by atoms with Crippen LogP contribution >= 0.6 is 0 Å². The van der Waals surface area contributed by atoms with Crippen molar-refractivity contribution in [2.45, 2.75) is 13.0 Å². The molecule has 1 aromatic carbocycles. The zero-order valence-corrected chi connectivity index (χ0v) is 14.4. The Balaban J connectivity index is 2.08. The molecule has 6 nitrogen and oxygen atoms in total. The summed E-state index contributed by atoms with van der Waals surface area (Å²) in [5, 5.41) is 15.9. The fourth-order valence-electron chi connectivity index (χ4n) is 2.02. The number of carbonyl (C=O) groups is 1. The van der Waals surface area contributed by atoms with E-state index in [-0.39, 0.29) is 17.6 Å². The van der Waals surface area contributed by atoms with Crippen molar-refractivity contribution in [2.24, 2.45) is 0 Å². The van der Waals surface area contributed by atoms with Crippen LogP contribution in [0.25, 0.3) is 5.57 Å². The number of aliphatic hydroxyl groups excluding tert-OH is 1. The van der Waals surface area contributed by atoms with Gasteiger partial charge in [0.05, 0.1) is 6.61 Å². The van der Waals surface area contributed by atoms with Gasteiger partial charge >= 0.3 is 0 Å². The highest BCUT2D eigenvalue weighted by atomic mass is 19.1. The first kappa shape index (κ1) is 19.3. The Morgan fingerprint density at radius 3 is 2.73 bits per heavy atom. The first-order valence-corrected chi connectivity index (χ1v) is 7.98. The molecule has 1 atom stereocenters. The molecule has 1 aromatic heterocycles. The van der Waals surface area contributed by atoms with Crippen LogP contribution < -0.4 is 5.32 Å². The van der Waals surface area contributed by atoms with Crippen molar-refractivity contribution in [3.05, 3.63) is 78.0 Å². The number of nitrogens with one attached hydrogen (secondary N) is 1. The standard InChI is InChI=1S/C19H20FN3O3/c1-3-14(11-20)10-9-13(2)17-22-19(26-23-17)16(12-24)21-18(25)15-7-5-4-6-8-15/h3-10,16,24H,2,11-12H2,1H3,(H,21,25)/b10-9-,14-3+/t16-/m0/s1. The van der Waals surface area contributed by atoms with Gasteiger partial charge in [-0.05, 0) is 24.6 Å². The first-order valence-electron chi connectivity index (χ1n) is 7.98. The zero-order valence-electron chi connectivity index (χ0n) is 14.4. The molecular formula is C19H20FN3O3. The Morgan fingerprint density at radius 2 is 2.12 bits per heavy atom. The number of aliphatic hydroxyl groups is 1. The summed E-state index contributed by atoms with van der Waals surface area (Å²) in [4.78, 5) is 16.3. The average Bonchev–Trinajstić information content (AvgIpc) is 3.17. The molecule has 0 aliphatic heterocycles. The average molecular weight is 357 g/mol. The van der Waals surface area contributed by atoms with Crippen molar-refractivity contribution >= 4 is 11.5 Å². The van der Waals surface area contributed by atoms with Crippen molar-refractivity contribution in [2.75, 3.05) is 13.3 Å². The SMILES string of the molecule is C=C(/C=C\C(=C/C)CF)c1noc([C@H](CO)NC(=O)c2ccccc2)n1. The van der Waals surface area contributed by atoms with E-state index in [4.69, 9.17) is 4.52 Å². The third-order valence-electron chi connectivity index (χ3n) is 3.57. The van der Waals surface area contributed by atoms with Crippen LogP contribution in [-0.2, 0) is 0 Å². The minimum atomic E-state index is -0.849. The van der Waals surface area contributed by atoms with Gasteiger partial charge in [0, 0.05) is 11.1 Å². The highest BCUT2D eigenvalue weighted by Gasteiger charge is 2.21. The van der Waals surface area contributed by atoms with Crippen molar-refractivity contribution in [3.63, 3.8) is 0 Å². The Bertz CT molecular complexity index is 812. The van der Waals surface area contributed by atoms with Gasteiger partial charge < -0.3 is 14.9 Å². The number of aromatic nitrogens is 2. The third-order valence-corrected chi connectivity index (χ3v) is 3.57. The lowest BCUT2D eigenvalue weighted by atomic mass is 10.2. The lowest BCUT2D eigenvalue weighted by molar-refractivity contribution is 0.0901. The molecule has 0 bridgehead atoms. The normalized spacial score (nSPS) is 13.0. The second-order valence-electron chi connectivity index (χ2n) is 5.39. The summed E-state index contributed by atoms with van der Waals surface area (Å²) in [6.45, 7) is 4.54. The molecule has 0 saturated carbocycles. The van der Waals surface area contributed by atoms with Gasteiger partial charge in [-0.1, -0.05) is 48.2 Å². The molecule has 0 unspecified atom stereocenters. The van der Waals surface area contributed by atoms with Crippen molar-refractivity contribution in [1.29, 1.82) is 0 Å². The molecule has 0 fully saturated rings. The monoisotopic (exact) mass is 357 g/mol. The summed E-state index contributed by atoms with van der Waals surface area (Å²) in [7, 11) is 0. The maximum Gasteiger partial charge on any atom is 0.251 e. The molecule has 0 spiro atoms. The second kappa shape index (κ2) is 9.43. The smallest absolute Gasteiger partial charge is 0.251 e. The summed E-state index contributed by atoms with van der Waals surface area (Å²) in [6.07, 6.45) is 4.78. The van der Waals surface area contributed by atoms with Crippen molar-refractivity contribution in [1.82, 2.24) is 15.5 Å². The van der Waals surface area contributed by atoms with E-state index in [2.05, 4.69) is 22.0 Å². The first-order chi connectivity index (χ1) is 12.6. The molecule has 0 saturated heterocycles. The molecule has 0 aliphatic rings. The van der Waals surface area contributed by atoms with Gasteiger partial charge in [0.25, 0.3) is 11.8 Å². The van der Waals surface area contributed by atoms with E-state index >= 15 is 0 Å². The Labute approximate surface area is 150 Å². The summed E-state index contributed by atoms with van der Waals surface area (Å²) in [5.74, 6) is -0.125. The minimum absolute atomic E-state index is 0.0538. The van der Waals surface area contributed by atoms with Gasteiger partial charge in [0.15, 0.2) is 0 Å². The van der Waals surface area contributed by atoms with Gasteiger partial charge in [0.1, 0.15) is 12.7 Å². The number of allylic oxidation sites excluding steroid dienone is 5. The molecule has 26 heavy (non-hydrogen) atoms. The maximum atomic E-state index is 12.7.